The van der Waals surface area contributed by atoms with Gasteiger partial charge in [0.25, 0.3) is 0 Å². The molecule has 102 valence electrons. The second-order valence-corrected chi connectivity index (χ2v) is 6.44. The Balaban J connectivity index is 2.02. The number of nitrogens with zero attached hydrogens (tertiary/aromatic N) is 2. The molecular weight excluding hydrogens is 254 g/mol. The van der Waals surface area contributed by atoms with Gasteiger partial charge in [-0.1, -0.05) is 55.0 Å². The molecule has 0 aliphatic carbocycles. The molecule has 3 nitrogen and oxygen atoms in total. The van der Waals surface area contributed by atoms with Crippen molar-refractivity contribution in [1.82, 2.24) is 10.2 Å². The zero-order valence-corrected chi connectivity index (χ0v) is 12.8. The smallest absolute Gasteiger partial charge is 0.206 e. The average molecular weight is 275 g/mol. The Bertz CT molecular complexity index is 534. The van der Waals surface area contributed by atoms with Crippen LogP contribution in [0.15, 0.2) is 24.3 Å². The fourth-order valence-corrected chi connectivity index (χ4v) is 2.99. The first kappa shape index (κ1) is 14.0. The number of hydrogen-bond donors (Lipinski definition) is 1. The van der Waals surface area contributed by atoms with Gasteiger partial charge < -0.3 is 5.32 Å². The van der Waals surface area contributed by atoms with E-state index < -0.39 is 0 Å². The summed E-state index contributed by atoms with van der Waals surface area (Å²) < 4.78 is 0. The van der Waals surface area contributed by atoms with Crippen LogP contribution in [0, 0.1) is 12.8 Å². The van der Waals surface area contributed by atoms with E-state index in [4.69, 9.17) is 0 Å². The molecule has 1 aromatic heterocycles. The SMILES string of the molecule is Cc1cccc(C(C)Nc2nnc(CC(C)C)s2)c1. The number of nitrogens with one attached hydrogen (secondary N) is 1. The molecule has 0 aliphatic heterocycles. The van der Waals surface area contributed by atoms with Crippen LogP contribution in [0.4, 0.5) is 5.13 Å². The van der Waals surface area contributed by atoms with Crippen LogP contribution in [0.3, 0.4) is 0 Å². The van der Waals surface area contributed by atoms with Gasteiger partial charge in [-0.2, -0.15) is 0 Å². The second-order valence-electron chi connectivity index (χ2n) is 5.38. The summed E-state index contributed by atoms with van der Waals surface area (Å²) in [6.45, 7) is 8.66. The molecule has 1 atom stereocenters. The predicted octanol–water partition coefficient (Wildman–Crippen LogP) is 4.22. The quantitative estimate of drug-likeness (QED) is 0.888. The van der Waals surface area contributed by atoms with E-state index >= 15 is 0 Å². The molecule has 0 saturated heterocycles. The van der Waals surface area contributed by atoms with E-state index in [0.717, 1.165) is 16.6 Å². The first-order valence-corrected chi connectivity index (χ1v) is 7.51. The molecule has 2 aromatic rings. The Morgan fingerprint density at radius 3 is 2.68 bits per heavy atom. The topological polar surface area (TPSA) is 37.8 Å². The van der Waals surface area contributed by atoms with Crippen molar-refractivity contribution >= 4 is 16.5 Å². The van der Waals surface area contributed by atoms with Gasteiger partial charge in [0, 0.05) is 6.42 Å². The summed E-state index contributed by atoms with van der Waals surface area (Å²) in [7, 11) is 0. The second kappa shape index (κ2) is 6.15. The van der Waals surface area contributed by atoms with Crippen LogP contribution < -0.4 is 5.32 Å². The molecule has 1 heterocycles. The van der Waals surface area contributed by atoms with Gasteiger partial charge in [-0.05, 0) is 25.3 Å². The van der Waals surface area contributed by atoms with E-state index in [1.165, 1.54) is 11.1 Å². The Hall–Kier alpha value is -1.42. The molecule has 1 unspecified atom stereocenters. The lowest BCUT2D eigenvalue weighted by Gasteiger charge is -2.13. The highest BCUT2D eigenvalue weighted by Gasteiger charge is 2.10. The minimum Gasteiger partial charge on any atom is -0.354 e. The Labute approximate surface area is 119 Å². The molecule has 19 heavy (non-hydrogen) atoms. The third kappa shape index (κ3) is 4.03. The summed E-state index contributed by atoms with van der Waals surface area (Å²) in [6, 6.07) is 8.79. The van der Waals surface area contributed by atoms with Gasteiger partial charge in [-0.15, -0.1) is 10.2 Å². The lowest BCUT2D eigenvalue weighted by atomic mass is 10.1. The van der Waals surface area contributed by atoms with E-state index in [1.807, 2.05) is 0 Å². The van der Waals surface area contributed by atoms with E-state index in [1.54, 1.807) is 11.3 Å². The van der Waals surface area contributed by atoms with Gasteiger partial charge in [-0.25, -0.2) is 0 Å². The Morgan fingerprint density at radius 2 is 2.00 bits per heavy atom. The molecule has 1 N–H and O–H groups in total. The van der Waals surface area contributed by atoms with Gasteiger partial charge in [0.2, 0.25) is 5.13 Å². The Morgan fingerprint density at radius 1 is 1.21 bits per heavy atom. The number of rotatable bonds is 5. The van der Waals surface area contributed by atoms with Crippen LogP contribution in [0.1, 0.15) is 42.9 Å². The zero-order valence-electron chi connectivity index (χ0n) is 12.0. The van der Waals surface area contributed by atoms with Gasteiger partial charge >= 0.3 is 0 Å². The minimum atomic E-state index is 0.250. The molecule has 2 rings (SSSR count). The molecule has 0 bridgehead atoms. The van der Waals surface area contributed by atoms with Crippen molar-refractivity contribution < 1.29 is 0 Å². The monoisotopic (exact) mass is 275 g/mol. The molecule has 4 heteroatoms. The first-order chi connectivity index (χ1) is 9.04. The fourth-order valence-electron chi connectivity index (χ4n) is 1.95. The van der Waals surface area contributed by atoms with Crippen molar-refractivity contribution in [3.05, 3.63) is 40.4 Å². The third-order valence-corrected chi connectivity index (χ3v) is 3.81. The lowest BCUT2D eigenvalue weighted by Crippen LogP contribution is -2.06. The summed E-state index contributed by atoms with van der Waals surface area (Å²) >= 11 is 1.66. The average Bonchev–Trinajstić information content (AvgIpc) is 2.75. The zero-order chi connectivity index (χ0) is 13.8. The maximum atomic E-state index is 4.23. The molecule has 0 fully saturated rings. The van der Waals surface area contributed by atoms with Gasteiger partial charge in [0.15, 0.2) is 0 Å². The highest BCUT2D eigenvalue weighted by atomic mass is 32.1. The Kier molecular flexibility index (Phi) is 4.53. The highest BCUT2D eigenvalue weighted by Crippen LogP contribution is 2.23. The lowest BCUT2D eigenvalue weighted by molar-refractivity contribution is 0.640. The summed E-state index contributed by atoms with van der Waals surface area (Å²) in [5, 5.41) is 13.9. The van der Waals surface area contributed by atoms with Crippen LogP contribution in [-0.2, 0) is 6.42 Å². The molecule has 0 saturated carbocycles. The minimum absolute atomic E-state index is 0.250. The van der Waals surface area contributed by atoms with Gasteiger partial charge in [-0.3, -0.25) is 0 Å². The molecule has 0 amide bonds. The number of benzene rings is 1. The normalized spacial score (nSPS) is 12.7. The molecule has 1 aromatic carbocycles. The van der Waals surface area contributed by atoms with E-state index in [-0.39, 0.29) is 6.04 Å². The summed E-state index contributed by atoms with van der Waals surface area (Å²) in [5.74, 6) is 0.620. The number of aryl methyl sites for hydroxylation is 1. The third-order valence-electron chi connectivity index (χ3n) is 2.93. The number of hydrogen-bond acceptors (Lipinski definition) is 4. The van der Waals surface area contributed by atoms with Crippen molar-refractivity contribution in [1.29, 1.82) is 0 Å². The standard InChI is InChI=1S/C15H21N3S/c1-10(2)8-14-17-18-15(19-14)16-12(4)13-7-5-6-11(3)9-13/h5-7,9-10,12H,8H2,1-4H3,(H,16,18). The van der Waals surface area contributed by atoms with Crippen LogP contribution in [0.25, 0.3) is 0 Å². The van der Waals surface area contributed by atoms with Crippen LogP contribution in [-0.4, -0.2) is 10.2 Å². The molecular formula is C15H21N3S. The van der Waals surface area contributed by atoms with Crippen molar-refractivity contribution in [2.75, 3.05) is 5.32 Å². The first-order valence-electron chi connectivity index (χ1n) is 6.70. The largest absolute Gasteiger partial charge is 0.354 e. The fraction of sp³-hybridized carbons (Fsp3) is 0.467. The van der Waals surface area contributed by atoms with Gasteiger partial charge in [0.05, 0.1) is 6.04 Å². The highest BCUT2D eigenvalue weighted by molar-refractivity contribution is 7.15. The molecule has 0 spiro atoms. The van der Waals surface area contributed by atoms with Crippen LogP contribution >= 0.6 is 11.3 Å². The maximum Gasteiger partial charge on any atom is 0.206 e. The van der Waals surface area contributed by atoms with E-state index in [0.29, 0.717) is 5.92 Å². The van der Waals surface area contributed by atoms with E-state index in [9.17, 15) is 0 Å². The van der Waals surface area contributed by atoms with Crippen molar-refractivity contribution in [3.63, 3.8) is 0 Å². The number of anilines is 1. The van der Waals surface area contributed by atoms with Crippen molar-refractivity contribution in [2.24, 2.45) is 5.92 Å². The van der Waals surface area contributed by atoms with Crippen LogP contribution in [0.5, 0.6) is 0 Å². The molecule has 0 radical (unpaired) electrons. The summed E-state index contributed by atoms with van der Waals surface area (Å²) in [6.07, 6.45) is 0.998. The van der Waals surface area contributed by atoms with E-state index in [2.05, 4.69) is 67.5 Å². The van der Waals surface area contributed by atoms with Crippen molar-refractivity contribution in [3.8, 4) is 0 Å². The molecule has 0 aliphatic rings. The summed E-state index contributed by atoms with van der Waals surface area (Å²) in [5.41, 5.74) is 2.56. The maximum absolute atomic E-state index is 4.23. The number of aromatic nitrogens is 2. The van der Waals surface area contributed by atoms with Crippen molar-refractivity contribution in [2.45, 2.75) is 40.2 Å². The van der Waals surface area contributed by atoms with Gasteiger partial charge in [0.1, 0.15) is 5.01 Å². The van der Waals surface area contributed by atoms with Crippen LogP contribution in [0.2, 0.25) is 0 Å². The summed E-state index contributed by atoms with van der Waals surface area (Å²) in [4.78, 5) is 0. The predicted molar refractivity (Wildman–Crippen MR) is 81.7 cm³/mol.